The lowest BCUT2D eigenvalue weighted by Gasteiger charge is -2.21. The maximum atomic E-state index is 13.0. The molecule has 5 unspecified atom stereocenters. The minimum absolute atomic E-state index is 0.110. The number of allylic oxidation sites excluding steroid dienone is 20. The van der Waals surface area contributed by atoms with Crippen LogP contribution in [-0.2, 0) is 55.8 Å². The van der Waals surface area contributed by atoms with Gasteiger partial charge >= 0.3 is 33.6 Å². The van der Waals surface area contributed by atoms with Gasteiger partial charge in [0.2, 0.25) is 0 Å². The lowest BCUT2D eigenvalue weighted by molar-refractivity contribution is -0.161. The summed E-state index contributed by atoms with van der Waals surface area (Å²) >= 11 is 0. The Bertz CT molecular complexity index is 2610. The number of hydrogen-bond donors (Lipinski definition) is 4. The van der Waals surface area contributed by atoms with E-state index in [0.717, 1.165) is 128 Å². The number of unbranched alkanes of at least 4 members (excludes halogenated alkanes) is 48. The van der Waals surface area contributed by atoms with Crippen LogP contribution in [0.5, 0.6) is 0 Å². The van der Waals surface area contributed by atoms with Crippen molar-refractivity contribution in [2.45, 2.75) is 450 Å². The zero-order chi connectivity index (χ0) is 85.1. The molecule has 0 saturated carbocycles. The molecule has 16 nitrogen and oxygen atoms in total. The van der Waals surface area contributed by atoms with Crippen molar-refractivity contribution in [2.75, 3.05) is 39.6 Å². The fourth-order valence-electron chi connectivity index (χ4n) is 13.4. The van der Waals surface area contributed by atoms with Crippen LogP contribution in [0.1, 0.15) is 432 Å². The molecular weight excluding hydrogens is 1510 g/mol. The smallest absolute Gasteiger partial charge is 0.463 e. The normalized spacial score (nSPS) is 14.3. The number of aliphatic hydroxyl groups is 2. The Labute approximate surface area is 716 Å². The zero-order valence-electron chi connectivity index (χ0n) is 74.9. The van der Waals surface area contributed by atoms with E-state index in [-0.39, 0.29) is 19.3 Å². The zero-order valence-corrected chi connectivity index (χ0v) is 76.6. The van der Waals surface area contributed by atoms with Gasteiger partial charge in [0.15, 0.2) is 6.10 Å². The third-order valence-corrected chi connectivity index (χ3v) is 22.6. The second-order valence-corrected chi connectivity index (χ2v) is 35.1. The molecule has 117 heavy (non-hydrogen) atoms. The number of ether oxygens (including phenoxy) is 3. The van der Waals surface area contributed by atoms with E-state index in [9.17, 15) is 43.5 Å². The van der Waals surface area contributed by atoms with Gasteiger partial charge in [0, 0.05) is 19.3 Å². The van der Waals surface area contributed by atoms with Gasteiger partial charge in [0.1, 0.15) is 25.4 Å². The number of esters is 3. The van der Waals surface area contributed by atoms with Gasteiger partial charge < -0.3 is 34.2 Å². The number of aliphatic hydroxyl groups excluding tert-OH is 2. The average Bonchev–Trinajstić information content (AvgIpc) is 0.874. The lowest BCUT2D eigenvalue weighted by atomic mass is 10.0. The highest BCUT2D eigenvalue weighted by Gasteiger charge is 2.30. The molecule has 0 aromatic carbocycles. The van der Waals surface area contributed by atoms with E-state index in [1.807, 2.05) is 0 Å². The van der Waals surface area contributed by atoms with Crippen LogP contribution < -0.4 is 0 Å². The number of phosphoric ester groups is 2. The molecule has 0 bridgehead atoms. The van der Waals surface area contributed by atoms with Crippen LogP contribution >= 0.6 is 15.6 Å². The van der Waals surface area contributed by atoms with E-state index in [4.69, 9.17) is 32.3 Å². The molecule has 0 spiro atoms. The molecule has 4 N–H and O–H groups in total. The third kappa shape index (κ3) is 92.5. The standard InChI is InChI=1S/C99H176O16P2/c1-4-7-10-13-16-19-22-25-28-30-32-34-36-38-40-42-44-46-48-50-52-54-56-58-60-62-65-67-70-73-76-79-82-85-97(102)109-88-94(100)89-111-116(105,106)112-90-95(101)91-113-117(107,108)114-93-96(115-99(104)87-84-81-78-75-72-69-64-27-24-21-18-15-12-9-6-3)92-110-98(103)86-83-80-77-74-71-68-66-63-61-59-57-55-53-51-49-47-45-43-41-39-37-35-33-31-29-26-23-20-17-14-11-8-5-2/h7,10,16-17,19-20,25-26,28-29,32-35,38-41,44,46,94-96,100-101H,4-6,8-9,11-15,18,21-24,27,30-31,36-37,42-43,45,47-93H2,1-3H3,(H,105,106)(H,107,108)/b10-7-,19-16-,20-17-,28-25-,29-26-,34-32-,35-33-,40-38-,41-39-,46-44-. The molecule has 0 heterocycles. The van der Waals surface area contributed by atoms with Crippen LogP contribution in [0.25, 0.3) is 0 Å². The van der Waals surface area contributed by atoms with E-state index < -0.39 is 91.5 Å². The SMILES string of the molecule is CC/C=C\C/C=C\C/C=C\C/C=C\C/C=C\C/C=C\CCCCCCCCCCCCCCCCC(=O)OCC(O)COP(=O)(O)OCC(O)COP(=O)(O)OCC(COC(=O)CCCCCCCCCCCCCCCCCCC/C=C\C/C=C\C/C=C\C/C=C\CCCCC)OC(=O)CCCCCCCCCCCCCCCCC. The highest BCUT2D eigenvalue weighted by molar-refractivity contribution is 7.47. The summed E-state index contributed by atoms with van der Waals surface area (Å²) in [6.07, 6.45) is 113. The van der Waals surface area contributed by atoms with Crippen LogP contribution in [0.4, 0.5) is 0 Å². The summed E-state index contributed by atoms with van der Waals surface area (Å²) in [5, 5.41) is 20.7. The van der Waals surface area contributed by atoms with Crippen LogP contribution in [0.3, 0.4) is 0 Å². The highest BCUT2D eigenvalue weighted by atomic mass is 31.2. The van der Waals surface area contributed by atoms with Gasteiger partial charge in [0.25, 0.3) is 0 Å². The maximum absolute atomic E-state index is 13.0. The van der Waals surface area contributed by atoms with E-state index in [1.54, 1.807) is 0 Å². The summed E-state index contributed by atoms with van der Waals surface area (Å²) in [6.45, 7) is 2.63. The molecule has 0 fully saturated rings. The summed E-state index contributed by atoms with van der Waals surface area (Å²) < 4.78 is 61.5. The molecule has 0 aromatic heterocycles. The molecular formula is C99H176O16P2. The second kappa shape index (κ2) is 91.2. The summed E-state index contributed by atoms with van der Waals surface area (Å²) in [5.41, 5.74) is 0. The molecule has 0 aliphatic heterocycles. The lowest BCUT2D eigenvalue weighted by Crippen LogP contribution is -2.30. The summed E-state index contributed by atoms with van der Waals surface area (Å²) in [5.74, 6) is -1.55. The van der Waals surface area contributed by atoms with Gasteiger partial charge in [-0.2, -0.15) is 0 Å². The number of carbonyl (C=O) groups excluding carboxylic acids is 3. The van der Waals surface area contributed by atoms with Crippen molar-refractivity contribution >= 4 is 33.6 Å². The first-order valence-electron chi connectivity index (χ1n) is 47.8. The number of hydrogen-bond acceptors (Lipinski definition) is 14. The van der Waals surface area contributed by atoms with E-state index in [0.29, 0.717) is 19.3 Å². The largest absolute Gasteiger partial charge is 0.472 e. The Hall–Kier alpha value is -4.05. The van der Waals surface area contributed by atoms with Crippen molar-refractivity contribution in [1.29, 1.82) is 0 Å². The number of rotatable bonds is 91. The Balaban J connectivity index is 4.42. The van der Waals surface area contributed by atoms with Gasteiger partial charge in [-0.15, -0.1) is 0 Å². The first-order valence-corrected chi connectivity index (χ1v) is 50.8. The van der Waals surface area contributed by atoms with Crippen molar-refractivity contribution in [2.24, 2.45) is 0 Å². The third-order valence-electron chi connectivity index (χ3n) is 20.7. The van der Waals surface area contributed by atoms with E-state index in [2.05, 4.69) is 142 Å². The molecule has 0 aliphatic carbocycles. The van der Waals surface area contributed by atoms with Gasteiger partial charge in [-0.05, 0) is 116 Å². The van der Waals surface area contributed by atoms with Crippen LogP contribution in [0, 0.1) is 0 Å². The molecule has 0 aliphatic rings. The average molecular weight is 1680 g/mol. The highest BCUT2D eigenvalue weighted by Crippen LogP contribution is 2.45. The van der Waals surface area contributed by atoms with Crippen molar-refractivity contribution in [1.82, 2.24) is 0 Å². The van der Waals surface area contributed by atoms with E-state index >= 15 is 0 Å². The summed E-state index contributed by atoms with van der Waals surface area (Å²) in [6, 6.07) is 0. The van der Waals surface area contributed by atoms with Crippen molar-refractivity contribution in [3.05, 3.63) is 122 Å². The first-order chi connectivity index (χ1) is 57.2. The molecule has 5 atom stereocenters. The Morgan fingerprint density at radius 3 is 0.735 bits per heavy atom. The fourth-order valence-corrected chi connectivity index (χ4v) is 15.0. The van der Waals surface area contributed by atoms with Crippen LogP contribution in [0.2, 0.25) is 0 Å². The van der Waals surface area contributed by atoms with Gasteiger partial charge in [-0.1, -0.05) is 418 Å². The Kier molecular flexibility index (Phi) is 88.0. The monoisotopic (exact) mass is 1680 g/mol. The predicted molar refractivity (Wildman–Crippen MR) is 491 cm³/mol. The first kappa shape index (κ1) is 113. The van der Waals surface area contributed by atoms with Crippen LogP contribution in [-0.4, -0.2) is 95.9 Å². The number of carbonyl (C=O) groups is 3. The maximum Gasteiger partial charge on any atom is 0.472 e. The number of phosphoric acid groups is 2. The molecule has 678 valence electrons. The van der Waals surface area contributed by atoms with Crippen molar-refractivity contribution in [3.8, 4) is 0 Å². The molecule has 0 saturated heterocycles. The minimum atomic E-state index is -4.93. The molecule has 0 radical (unpaired) electrons. The molecule has 0 amide bonds. The Morgan fingerprint density at radius 2 is 0.453 bits per heavy atom. The van der Waals surface area contributed by atoms with Gasteiger partial charge in [-0.3, -0.25) is 32.5 Å². The van der Waals surface area contributed by atoms with E-state index in [1.165, 1.54) is 244 Å². The predicted octanol–water partition coefficient (Wildman–Crippen LogP) is 29.6. The van der Waals surface area contributed by atoms with Crippen molar-refractivity contribution < 1.29 is 75.8 Å². The quantitative estimate of drug-likeness (QED) is 0.0146. The summed E-state index contributed by atoms with van der Waals surface area (Å²) in [7, 11) is -9.79. The topological polar surface area (TPSA) is 231 Å². The summed E-state index contributed by atoms with van der Waals surface area (Å²) in [4.78, 5) is 59.0. The van der Waals surface area contributed by atoms with Crippen molar-refractivity contribution in [3.63, 3.8) is 0 Å². The fraction of sp³-hybridized carbons (Fsp3) is 0.768. The molecule has 0 rings (SSSR count). The molecule has 0 aromatic rings. The van der Waals surface area contributed by atoms with Crippen LogP contribution in [0.15, 0.2) is 122 Å². The second-order valence-electron chi connectivity index (χ2n) is 32.1. The Morgan fingerprint density at radius 1 is 0.248 bits per heavy atom. The van der Waals surface area contributed by atoms with Gasteiger partial charge in [-0.25, -0.2) is 9.13 Å². The van der Waals surface area contributed by atoms with Gasteiger partial charge in [0.05, 0.1) is 26.4 Å². The molecule has 18 heteroatoms. The minimum Gasteiger partial charge on any atom is -0.463 e.